The fourth-order valence-electron chi connectivity index (χ4n) is 3.21. The number of hydrogen-bond acceptors (Lipinski definition) is 5. The van der Waals surface area contributed by atoms with Crippen LogP contribution in [0.2, 0.25) is 0 Å². The third-order valence-electron chi connectivity index (χ3n) is 4.50. The SMILES string of the molecule is Cc1nc2c(c(=O)n1CC(=O)Nc1nc(-c3ccccc3)cs1)CCC2. The van der Waals surface area contributed by atoms with Crippen molar-refractivity contribution in [1.29, 1.82) is 0 Å². The summed E-state index contributed by atoms with van der Waals surface area (Å²) in [5.41, 5.74) is 3.36. The van der Waals surface area contributed by atoms with Crippen LogP contribution >= 0.6 is 11.3 Å². The van der Waals surface area contributed by atoms with E-state index in [9.17, 15) is 9.59 Å². The van der Waals surface area contributed by atoms with Gasteiger partial charge in [0.15, 0.2) is 5.13 Å². The first-order chi connectivity index (χ1) is 12.6. The van der Waals surface area contributed by atoms with Crippen molar-refractivity contribution in [2.75, 3.05) is 5.32 Å². The summed E-state index contributed by atoms with van der Waals surface area (Å²) in [5.74, 6) is 0.304. The molecule has 0 aliphatic heterocycles. The molecule has 0 radical (unpaired) electrons. The Balaban J connectivity index is 1.50. The van der Waals surface area contributed by atoms with E-state index in [2.05, 4.69) is 15.3 Å². The van der Waals surface area contributed by atoms with E-state index in [0.29, 0.717) is 11.0 Å². The molecule has 6 nitrogen and oxygen atoms in total. The largest absolute Gasteiger partial charge is 0.300 e. The molecule has 0 bridgehead atoms. The Morgan fingerprint density at radius 1 is 1.23 bits per heavy atom. The van der Waals surface area contributed by atoms with Gasteiger partial charge in [0, 0.05) is 16.5 Å². The fraction of sp³-hybridized carbons (Fsp3) is 0.263. The predicted molar refractivity (Wildman–Crippen MR) is 101 cm³/mol. The van der Waals surface area contributed by atoms with Crippen molar-refractivity contribution in [3.8, 4) is 11.3 Å². The van der Waals surface area contributed by atoms with E-state index in [1.807, 2.05) is 35.7 Å². The molecule has 0 atom stereocenters. The number of fused-ring (bicyclic) bond motifs is 1. The highest BCUT2D eigenvalue weighted by molar-refractivity contribution is 7.14. The van der Waals surface area contributed by atoms with E-state index < -0.39 is 0 Å². The summed E-state index contributed by atoms with van der Waals surface area (Å²) in [7, 11) is 0. The lowest BCUT2D eigenvalue weighted by Crippen LogP contribution is -2.32. The van der Waals surface area contributed by atoms with Gasteiger partial charge in [-0.15, -0.1) is 11.3 Å². The maximum atomic E-state index is 12.6. The zero-order chi connectivity index (χ0) is 18.1. The van der Waals surface area contributed by atoms with Crippen molar-refractivity contribution >= 4 is 22.4 Å². The Bertz CT molecular complexity index is 1020. The molecule has 0 fully saturated rings. The quantitative estimate of drug-likeness (QED) is 0.770. The minimum absolute atomic E-state index is 0.0504. The number of benzene rings is 1. The molecular formula is C19H18N4O2S. The number of carbonyl (C=O) groups excluding carboxylic acids is 1. The minimum atomic E-state index is -0.274. The zero-order valence-electron chi connectivity index (χ0n) is 14.4. The summed E-state index contributed by atoms with van der Waals surface area (Å²) in [4.78, 5) is 33.9. The molecule has 1 aliphatic rings. The molecular weight excluding hydrogens is 348 g/mol. The van der Waals surface area contributed by atoms with E-state index in [4.69, 9.17) is 0 Å². The number of aromatic nitrogens is 3. The first-order valence-electron chi connectivity index (χ1n) is 8.52. The van der Waals surface area contributed by atoms with E-state index in [1.165, 1.54) is 15.9 Å². The molecule has 2 aromatic heterocycles. The molecule has 1 aromatic carbocycles. The normalized spacial score (nSPS) is 12.8. The van der Waals surface area contributed by atoms with Crippen molar-refractivity contribution in [3.05, 3.63) is 63.1 Å². The van der Waals surface area contributed by atoms with Gasteiger partial charge in [-0.2, -0.15) is 0 Å². The van der Waals surface area contributed by atoms with Crippen LogP contribution in [0.5, 0.6) is 0 Å². The lowest BCUT2D eigenvalue weighted by atomic mass is 10.2. The number of nitrogens with zero attached hydrogens (tertiary/aromatic N) is 3. The van der Waals surface area contributed by atoms with Crippen molar-refractivity contribution in [2.24, 2.45) is 0 Å². The Morgan fingerprint density at radius 2 is 2.04 bits per heavy atom. The van der Waals surface area contributed by atoms with Gasteiger partial charge in [-0.1, -0.05) is 30.3 Å². The van der Waals surface area contributed by atoms with E-state index >= 15 is 0 Å². The monoisotopic (exact) mass is 366 g/mol. The number of hydrogen-bond donors (Lipinski definition) is 1. The fourth-order valence-corrected chi connectivity index (χ4v) is 3.94. The van der Waals surface area contributed by atoms with E-state index in [-0.39, 0.29) is 18.0 Å². The Labute approximate surface area is 154 Å². The van der Waals surface area contributed by atoms with E-state index in [1.54, 1.807) is 6.92 Å². The van der Waals surface area contributed by atoms with Gasteiger partial charge in [-0.3, -0.25) is 14.2 Å². The van der Waals surface area contributed by atoms with Crippen molar-refractivity contribution in [3.63, 3.8) is 0 Å². The van der Waals surface area contributed by atoms with Crippen LogP contribution in [0.1, 0.15) is 23.5 Å². The van der Waals surface area contributed by atoms with Crippen LogP contribution in [-0.4, -0.2) is 20.4 Å². The number of aryl methyl sites for hydroxylation is 2. The van der Waals surface area contributed by atoms with Gasteiger partial charge in [-0.25, -0.2) is 9.97 Å². The number of thiazole rings is 1. The predicted octanol–water partition coefficient (Wildman–Crippen LogP) is 2.80. The van der Waals surface area contributed by atoms with Gasteiger partial charge in [0.2, 0.25) is 5.91 Å². The zero-order valence-corrected chi connectivity index (χ0v) is 15.2. The molecule has 132 valence electrons. The molecule has 0 saturated heterocycles. The Kier molecular flexibility index (Phi) is 4.38. The molecule has 1 aliphatic carbocycles. The second kappa shape index (κ2) is 6.84. The molecule has 1 N–H and O–H groups in total. The summed E-state index contributed by atoms with van der Waals surface area (Å²) in [6, 6.07) is 9.79. The highest BCUT2D eigenvalue weighted by Gasteiger charge is 2.20. The topological polar surface area (TPSA) is 76.9 Å². The highest BCUT2D eigenvalue weighted by Crippen LogP contribution is 2.24. The Hall–Kier alpha value is -2.80. The smallest absolute Gasteiger partial charge is 0.257 e. The second-order valence-corrected chi connectivity index (χ2v) is 7.14. The molecule has 0 saturated carbocycles. The maximum Gasteiger partial charge on any atom is 0.257 e. The lowest BCUT2D eigenvalue weighted by molar-refractivity contribution is -0.116. The standard InChI is InChI=1S/C19H18N4O2S/c1-12-20-15-9-5-8-14(15)18(25)23(12)10-17(24)22-19-21-16(11-26-19)13-6-3-2-4-7-13/h2-4,6-7,11H,5,8-10H2,1H3,(H,21,22,24). The van der Waals surface area contributed by atoms with Crippen LogP contribution in [0.3, 0.4) is 0 Å². The third kappa shape index (κ3) is 3.17. The van der Waals surface area contributed by atoms with Gasteiger partial charge in [0.1, 0.15) is 12.4 Å². The molecule has 4 rings (SSSR count). The summed E-state index contributed by atoms with van der Waals surface area (Å²) in [6.07, 6.45) is 2.55. The number of anilines is 1. The van der Waals surface area contributed by atoms with Crippen LogP contribution in [0, 0.1) is 6.92 Å². The second-order valence-electron chi connectivity index (χ2n) is 6.28. The van der Waals surface area contributed by atoms with Crippen molar-refractivity contribution in [1.82, 2.24) is 14.5 Å². The number of carbonyl (C=O) groups is 1. The summed E-state index contributed by atoms with van der Waals surface area (Å²) < 4.78 is 1.45. The van der Waals surface area contributed by atoms with Crippen LogP contribution in [0.25, 0.3) is 11.3 Å². The maximum absolute atomic E-state index is 12.6. The van der Waals surface area contributed by atoms with Crippen molar-refractivity contribution < 1.29 is 4.79 Å². The molecule has 0 spiro atoms. The van der Waals surface area contributed by atoms with E-state index in [0.717, 1.165) is 41.8 Å². The Morgan fingerprint density at radius 3 is 2.85 bits per heavy atom. The summed E-state index contributed by atoms with van der Waals surface area (Å²) in [6.45, 7) is 1.72. The number of rotatable bonds is 4. The molecule has 1 amide bonds. The molecule has 2 heterocycles. The highest BCUT2D eigenvalue weighted by atomic mass is 32.1. The first-order valence-corrected chi connectivity index (χ1v) is 9.40. The van der Waals surface area contributed by atoms with Gasteiger partial charge < -0.3 is 5.32 Å². The first kappa shape index (κ1) is 16.7. The minimum Gasteiger partial charge on any atom is -0.300 e. The van der Waals surface area contributed by atoms with Crippen LogP contribution in [0.4, 0.5) is 5.13 Å². The van der Waals surface area contributed by atoms with Crippen molar-refractivity contribution in [2.45, 2.75) is 32.7 Å². The van der Waals surface area contributed by atoms with Crippen LogP contribution in [-0.2, 0) is 24.2 Å². The molecule has 26 heavy (non-hydrogen) atoms. The van der Waals surface area contributed by atoms with Gasteiger partial charge in [0.25, 0.3) is 5.56 Å². The number of nitrogens with one attached hydrogen (secondary N) is 1. The molecule has 3 aromatic rings. The van der Waals surface area contributed by atoms with Crippen LogP contribution in [0.15, 0.2) is 40.5 Å². The third-order valence-corrected chi connectivity index (χ3v) is 5.26. The van der Waals surface area contributed by atoms with Crippen LogP contribution < -0.4 is 10.9 Å². The van der Waals surface area contributed by atoms with Gasteiger partial charge in [-0.05, 0) is 26.2 Å². The van der Waals surface area contributed by atoms with Gasteiger partial charge in [0.05, 0.1) is 11.4 Å². The average Bonchev–Trinajstić information content (AvgIpc) is 3.29. The molecule has 0 unspecified atom stereocenters. The average molecular weight is 366 g/mol. The summed E-state index contributed by atoms with van der Waals surface area (Å²) >= 11 is 1.37. The van der Waals surface area contributed by atoms with Gasteiger partial charge >= 0.3 is 0 Å². The lowest BCUT2D eigenvalue weighted by Gasteiger charge is -2.11. The molecule has 7 heteroatoms. The summed E-state index contributed by atoms with van der Waals surface area (Å²) in [5, 5.41) is 5.21. The number of amides is 1.